The lowest BCUT2D eigenvalue weighted by atomic mass is 10.2. The summed E-state index contributed by atoms with van der Waals surface area (Å²) in [6, 6.07) is 4.03. The summed E-state index contributed by atoms with van der Waals surface area (Å²) >= 11 is 0. The number of esters is 1. The van der Waals surface area contributed by atoms with Gasteiger partial charge < -0.3 is 15.0 Å². The molecule has 1 N–H and O–H groups in total. The zero-order valence-corrected chi connectivity index (χ0v) is 13.7. The van der Waals surface area contributed by atoms with Gasteiger partial charge in [0.2, 0.25) is 0 Å². The van der Waals surface area contributed by atoms with Crippen molar-refractivity contribution in [3.05, 3.63) is 23.9 Å². The predicted molar refractivity (Wildman–Crippen MR) is 86.3 cm³/mol. The van der Waals surface area contributed by atoms with Gasteiger partial charge in [0.1, 0.15) is 11.4 Å². The monoisotopic (exact) mass is 313 g/mol. The van der Waals surface area contributed by atoms with E-state index in [1.165, 1.54) is 0 Å². The van der Waals surface area contributed by atoms with E-state index in [-0.39, 0.29) is 24.5 Å². The number of nitrogens with one attached hydrogen (secondary N) is 1. The molecule has 1 aliphatic heterocycles. The summed E-state index contributed by atoms with van der Waals surface area (Å²) in [5.41, 5.74) is 0.554. The molecule has 5 nitrogen and oxygen atoms in total. The maximum absolute atomic E-state index is 12.1. The number of carbonyl (C=O) groups is 1. The minimum atomic E-state index is -0.296. The van der Waals surface area contributed by atoms with E-state index in [1.54, 1.807) is 18.3 Å². The molecule has 118 valence electrons. The molecule has 2 heterocycles. The summed E-state index contributed by atoms with van der Waals surface area (Å²) in [5.74, 6) is 0.438. The predicted octanol–water partition coefficient (Wildman–Crippen LogP) is 2.26. The van der Waals surface area contributed by atoms with Crippen LogP contribution in [0.2, 0.25) is 0 Å². The Bertz CT molecular complexity index is 468. The number of halogens is 1. The van der Waals surface area contributed by atoms with Crippen LogP contribution < -0.4 is 10.2 Å². The van der Waals surface area contributed by atoms with E-state index >= 15 is 0 Å². The molecule has 0 bridgehead atoms. The SMILES string of the molecule is CCN[C@H]1CCN(c2ncccc2C(=O)OC(C)C)C1.Cl. The van der Waals surface area contributed by atoms with Crippen molar-refractivity contribution < 1.29 is 9.53 Å². The van der Waals surface area contributed by atoms with Crippen molar-refractivity contribution in [2.24, 2.45) is 0 Å². The van der Waals surface area contributed by atoms with Gasteiger partial charge in [-0.3, -0.25) is 0 Å². The second-order valence-corrected chi connectivity index (χ2v) is 5.32. The number of rotatable bonds is 5. The Hall–Kier alpha value is -1.33. The minimum absolute atomic E-state index is 0. The second-order valence-electron chi connectivity index (χ2n) is 5.32. The Morgan fingerprint density at radius 1 is 1.57 bits per heavy atom. The number of ether oxygens (including phenoxy) is 1. The van der Waals surface area contributed by atoms with E-state index in [0.717, 1.165) is 31.9 Å². The Labute approximate surface area is 132 Å². The molecule has 0 unspecified atom stereocenters. The normalized spacial score (nSPS) is 17.7. The lowest BCUT2D eigenvalue weighted by molar-refractivity contribution is 0.0378. The van der Waals surface area contributed by atoms with Crippen molar-refractivity contribution in [3.8, 4) is 0 Å². The van der Waals surface area contributed by atoms with E-state index in [1.807, 2.05) is 13.8 Å². The summed E-state index contributed by atoms with van der Waals surface area (Å²) in [4.78, 5) is 18.7. The van der Waals surface area contributed by atoms with E-state index in [2.05, 4.69) is 22.1 Å². The highest BCUT2D eigenvalue weighted by molar-refractivity contribution is 5.94. The summed E-state index contributed by atoms with van der Waals surface area (Å²) < 4.78 is 5.29. The molecular formula is C15H24ClN3O2. The molecule has 2 rings (SSSR count). The minimum Gasteiger partial charge on any atom is -0.459 e. The maximum Gasteiger partial charge on any atom is 0.342 e. The first-order chi connectivity index (χ1) is 9.61. The van der Waals surface area contributed by atoms with Crippen LogP contribution in [0.25, 0.3) is 0 Å². The average molecular weight is 314 g/mol. The maximum atomic E-state index is 12.1. The number of pyridine rings is 1. The molecule has 0 aliphatic carbocycles. The molecule has 21 heavy (non-hydrogen) atoms. The average Bonchev–Trinajstić information content (AvgIpc) is 2.87. The van der Waals surface area contributed by atoms with Crippen LogP contribution in [-0.2, 0) is 4.74 Å². The number of hydrogen-bond acceptors (Lipinski definition) is 5. The van der Waals surface area contributed by atoms with Crippen LogP contribution in [0.4, 0.5) is 5.82 Å². The lowest BCUT2D eigenvalue weighted by Gasteiger charge is -2.20. The van der Waals surface area contributed by atoms with Crippen LogP contribution in [0.3, 0.4) is 0 Å². The summed E-state index contributed by atoms with van der Waals surface area (Å²) in [6.45, 7) is 8.57. The molecule has 0 radical (unpaired) electrons. The first kappa shape index (κ1) is 17.7. The third-order valence-corrected chi connectivity index (χ3v) is 3.33. The van der Waals surface area contributed by atoms with Gasteiger partial charge in [0.15, 0.2) is 0 Å². The fraction of sp³-hybridized carbons (Fsp3) is 0.600. The first-order valence-electron chi connectivity index (χ1n) is 7.26. The highest BCUT2D eigenvalue weighted by Gasteiger charge is 2.26. The third kappa shape index (κ3) is 4.58. The van der Waals surface area contributed by atoms with E-state index < -0.39 is 0 Å². The lowest BCUT2D eigenvalue weighted by Crippen LogP contribution is -2.33. The van der Waals surface area contributed by atoms with Crippen LogP contribution in [0.15, 0.2) is 18.3 Å². The van der Waals surface area contributed by atoms with Crippen LogP contribution in [0.1, 0.15) is 37.6 Å². The van der Waals surface area contributed by atoms with Gasteiger partial charge in [-0.25, -0.2) is 9.78 Å². The fourth-order valence-corrected chi connectivity index (χ4v) is 2.49. The number of aromatic nitrogens is 1. The molecule has 6 heteroatoms. The third-order valence-electron chi connectivity index (χ3n) is 3.33. The van der Waals surface area contributed by atoms with Gasteiger partial charge in [-0.2, -0.15) is 0 Å². The van der Waals surface area contributed by atoms with Gasteiger partial charge in [0.25, 0.3) is 0 Å². The van der Waals surface area contributed by atoms with Crippen molar-refractivity contribution in [2.75, 3.05) is 24.5 Å². The van der Waals surface area contributed by atoms with Crippen molar-refractivity contribution in [1.29, 1.82) is 0 Å². The van der Waals surface area contributed by atoms with Crippen molar-refractivity contribution in [2.45, 2.75) is 39.3 Å². The molecular weight excluding hydrogens is 290 g/mol. The van der Waals surface area contributed by atoms with Crippen LogP contribution >= 0.6 is 12.4 Å². The summed E-state index contributed by atoms with van der Waals surface area (Å²) in [7, 11) is 0. The second kappa shape index (κ2) is 8.20. The molecule has 1 aliphatic rings. The largest absolute Gasteiger partial charge is 0.459 e. The van der Waals surface area contributed by atoms with Crippen molar-refractivity contribution in [3.63, 3.8) is 0 Å². The number of likely N-dealkylation sites (N-methyl/N-ethyl adjacent to an activating group) is 1. The number of carbonyl (C=O) groups excluding carboxylic acids is 1. The first-order valence-corrected chi connectivity index (χ1v) is 7.26. The van der Waals surface area contributed by atoms with Gasteiger partial charge in [-0.05, 0) is 38.9 Å². The van der Waals surface area contributed by atoms with E-state index in [4.69, 9.17) is 4.74 Å². The smallest absolute Gasteiger partial charge is 0.342 e. The molecule has 1 saturated heterocycles. The van der Waals surface area contributed by atoms with Crippen LogP contribution in [0.5, 0.6) is 0 Å². The number of nitrogens with zero attached hydrogens (tertiary/aromatic N) is 2. The Morgan fingerprint density at radius 3 is 3.00 bits per heavy atom. The zero-order valence-electron chi connectivity index (χ0n) is 12.8. The molecule has 0 saturated carbocycles. The van der Waals surface area contributed by atoms with E-state index in [0.29, 0.717) is 11.6 Å². The quantitative estimate of drug-likeness (QED) is 0.845. The molecule has 1 aromatic rings. The molecule has 0 spiro atoms. The van der Waals surface area contributed by atoms with E-state index in [9.17, 15) is 4.79 Å². The van der Waals surface area contributed by atoms with Crippen LogP contribution in [-0.4, -0.2) is 42.7 Å². The molecule has 0 amide bonds. The van der Waals surface area contributed by atoms with Gasteiger partial charge >= 0.3 is 5.97 Å². The van der Waals surface area contributed by atoms with Crippen molar-refractivity contribution in [1.82, 2.24) is 10.3 Å². The van der Waals surface area contributed by atoms with Gasteiger partial charge in [0, 0.05) is 25.3 Å². The molecule has 0 aromatic carbocycles. The summed E-state index contributed by atoms with van der Waals surface area (Å²) in [5, 5.41) is 3.44. The number of hydrogen-bond donors (Lipinski definition) is 1. The molecule has 1 aromatic heterocycles. The Kier molecular flexibility index (Phi) is 6.92. The fourth-order valence-electron chi connectivity index (χ4n) is 2.49. The van der Waals surface area contributed by atoms with Crippen molar-refractivity contribution >= 4 is 24.2 Å². The topological polar surface area (TPSA) is 54.5 Å². The summed E-state index contributed by atoms with van der Waals surface area (Å²) in [6.07, 6.45) is 2.68. The molecule has 1 fully saturated rings. The Balaban J connectivity index is 0.00000220. The van der Waals surface area contributed by atoms with Crippen LogP contribution in [0, 0.1) is 0 Å². The Morgan fingerprint density at radius 2 is 2.33 bits per heavy atom. The van der Waals surface area contributed by atoms with Gasteiger partial charge in [-0.1, -0.05) is 6.92 Å². The van der Waals surface area contributed by atoms with Gasteiger partial charge in [0.05, 0.1) is 6.10 Å². The highest BCUT2D eigenvalue weighted by atomic mass is 35.5. The number of anilines is 1. The van der Waals surface area contributed by atoms with Gasteiger partial charge in [-0.15, -0.1) is 12.4 Å². The highest BCUT2D eigenvalue weighted by Crippen LogP contribution is 2.23. The standard InChI is InChI=1S/C15H23N3O2.ClH/c1-4-16-12-7-9-18(10-12)14-13(6-5-8-17-14)15(19)20-11(2)3;/h5-6,8,11-12,16H,4,7,9-10H2,1-3H3;1H/t12-;/m0./s1. The molecule has 1 atom stereocenters. The zero-order chi connectivity index (χ0) is 14.5.